The van der Waals surface area contributed by atoms with Gasteiger partial charge in [0, 0.05) is 12.2 Å². The lowest BCUT2D eigenvalue weighted by atomic mass is 10.1. The lowest BCUT2D eigenvalue weighted by molar-refractivity contribution is -0.116. The van der Waals surface area contributed by atoms with Crippen LogP contribution < -0.4 is 21.1 Å². The number of nitrogens with one attached hydrogen (secondary N) is 2. The minimum absolute atomic E-state index is 0.0252. The number of anilines is 2. The van der Waals surface area contributed by atoms with Crippen molar-refractivity contribution < 1.29 is 14.3 Å². The van der Waals surface area contributed by atoms with Crippen molar-refractivity contribution in [2.24, 2.45) is 0 Å². The Morgan fingerprint density at radius 3 is 2.53 bits per heavy atom. The number of aryl methyl sites for hydroxylation is 2. The maximum atomic E-state index is 12.4. The maximum Gasteiger partial charge on any atom is 0.275 e. The predicted molar refractivity (Wildman–Crippen MR) is 113 cm³/mol. The first kappa shape index (κ1) is 20.8. The van der Waals surface area contributed by atoms with Crippen LogP contribution in [0.5, 0.6) is 5.75 Å². The summed E-state index contributed by atoms with van der Waals surface area (Å²) in [5.74, 6) is -0.0255. The Kier molecular flexibility index (Phi) is 6.31. The first-order chi connectivity index (χ1) is 14.4. The van der Waals surface area contributed by atoms with E-state index in [2.05, 4.69) is 20.9 Å². The van der Waals surface area contributed by atoms with Gasteiger partial charge < -0.3 is 21.1 Å². The van der Waals surface area contributed by atoms with Gasteiger partial charge >= 0.3 is 0 Å². The third-order valence-corrected chi connectivity index (χ3v) is 4.55. The van der Waals surface area contributed by atoms with Crippen LogP contribution in [0.1, 0.15) is 27.2 Å². The van der Waals surface area contributed by atoms with E-state index >= 15 is 0 Å². The van der Waals surface area contributed by atoms with E-state index in [1.165, 1.54) is 4.68 Å². The molecule has 0 bridgehead atoms. The molecule has 2 aromatic carbocycles. The summed E-state index contributed by atoms with van der Waals surface area (Å²) >= 11 is 0. The molecule has 0 radical (unpaired) electrons. The summed E-state index contributed by atoms with van der Waals surface area (Å²) < 4.78 is 6.30. The second-order valence-corrected chi connectivity index (χ2v) is 6.88. The standard InChI is InChI=1S/C21H24N6O3/c1-13-4-9-17(14(2)10-13)24-18(28)12-27-20(22)19(25-26-27)21(29)23-11-15-5-7-16(30-3)8-6-15/h4-10H,11-12,22H2,1-3H3,(H,23,29)(H,24,28). The number of carbonyl (C=O) groups is 2. The van der Waals surface area contributed by atoms with Crippen molar-refractivity contribution in [1.82, 2.24) is 20.3 Å². The quantitative estimate of drug-likeness (QED) is 0.550. The van der Waals surface area contributed by atoms with Gasteiger partial charge in [0.15, 0.2) is 11.5 Å². The summed E-state index contributed by atoms with van der Waals surface area (Å²) in [6.07, 6.45) is 0. The number of nitrogens with zero attached hydrogens (tertiary/aromatic N) is 3. The van der Waals surface area contributed by atoms with Crippen LogP contribution in [-0.2, 0) is 17.9 Å². The number of ether oxygens (including phenoxy) is 1. The minimum atomic E-state index is -0.468. The summed E-state index contributed by atoms with van der Waals surface area (Å²) in [6.45, 7) is 4.04. The van der Waals surface area contributed by atoms with E-state index in [0.717, 1.165) is 22.4 Å². The fraction of sp³-hybridized carbons (Fsp3) is 0.238. The largest absolute Gasteiger partial charge is 0.497 e. The topological polar surface area (TPSA) is 124 Å². The van der Waals surface area contributed by atoms with E-state index in [0.29, 0.717) is 12.2 Å². The van der Waals surface area contributed by atoms with E-state index in [-0.39, 0.29) is 24.0 Å². The van der Waals surface area contributed by atoms with Crippen LogP contribution in [0.15, 0.2) is 42.5 Å². The fourth-order valence-corrected chi connectivity index (χ4v) is 2.89. The molecule has 0 atom stereocenters. The molecule has 30 heavy (non-hydrogen) atoms. The number of carbonyl (C=O) groups excluding carboxylic acids is 2. The molecule has 0 aliphatic rings. The second-order valence-electron chi connectivity index (χ2n) is 6.88. The molecule has 3 aromatic rings. The molecule has 0 saturated heterocycles. The Bertz CT molecular complexity index is 1060. The molecule has 0 spiro atoms. The Hall–Kier alpha value is -3.88. The first-order valence-corrected chi connectivity index (χ1v) is 9.34. The molecule has 0 aliphatic heterocycles. The molecule has 4 N–H and O–H groups in total. The molecule has 9 nitrogen and oxygen atoms in total. The fourth-order valence-electron chi connectivity index (χ4n) is 2.89. The van der Waals surface area contributed by atoms with Crippen LogP contribution in [0.4, 0.5) is 11.5 Å². The van der Waals surface area contributed by atoms with Gasteiger partial charge in [-0.2, -0.15) is 0 Å². The SMILES string of the molecule is COc1ccc(CNC(=O)c2nnn(CC(=O)Nc3ccc(C)cc3C)c2N)cc1. The predicted octanol–water partition coefficient (Wildman–Crippen LogP) is 2.05. The highest BCUT2D eigenvalue weighted by Gasteiger charge is 2.19. The van der Waals surface area contributed by atoms with Crippen molar-refractivity contribution in [3.63, 3.8) is 0 Å². The lowest BCUT2D eigenvalue weighted by Gasteiger charge is -2.09. The van der Waals surface area contributed by atoms with Crippen molar-refractivity contribution in [2.45, 2.75) is 26.9 Å². The van der Waals surface area contributed by atoms with Crippen molar-refractivity contribution >= 4 is 23.3 Å². The van der Waals surface area contributed by atoms with E-state index in [9.17, 15) is 9.59 Å². The molecule has 0 aliphatic carbocycles. The average Bonchev–Trinajstić information content (AvgIpc) is 3.09. The third-order valence-electron chi connectivity index (χ3n) is 4.55. The van der Waals surface area contributed by atoms with Crippen LogP contribution in [0.3, 0.4) is 0 Å². The van der Waals surface area contributed by atoms with Gasteiger partial charge in [-0.15, -0.1) is 5.10 Å². The van der Waals surface area contributed by atoms with E-state index in [1.807, 2.05) is 44.2 Å². The highest BCUT2D eigenvalue weighted by atomic mass is 16.5. The molecule has 0 fully saturated rings. The zero-order chi connectivity index (χ0) is 21.7. The Labute approximate surface area is 174 Å². The molecular formula is C21H24N6O3. The maximum absolute atomic E-state index is 12.4. The zero-order valence-corrected chi connectivity index (χ0v) is 17.1. The van der Waals surface area contributed by atoms with Gasteiger partial charge in [-0.25, -0.2) is 4.68 Å². The van der Waals surface area contributed by atoms with Crippen molar-refractivity contribution in [1.29, 1.82) is 0 Å². The van der Waals surface area contributed by atoms with E-state index in [1.54, 1.807) is 19.2 Å². The summed E-state index contributed by atoms with van der Waals surface area (Å²) in [6, 6.07) is 13.0. The molecule has 0 saturated carbocycles. The van der Waals surface area contributed by atoms with Gasteiger partial charge in [-0.3, -0.25) is 9.59 Å². The number of amides is 2. The number of methoxy groups -OCH3 is 1. The molecule has 3 rings (SSSR count). The molecule has 1 aromatic heterocycles. The monoisotopic (exact) mass is 408 g/mol. The zero-order valence-electron chi connectivity index (χ0n) is 17.1. The second kappa shape index (κ2) is 9.08. The van der Waals surface area contributed by atoms with E-state index < -0.39 is 5.91 Å². The number of aromatic nitrogens is 3. The summed E-state index contributed by atoms with van der Waals surface area (Å²) in [5.41, 5.74) is 9.62. The Balaban J connectivity index is 1.60. The molecule has 2 amide bonds. The van der Waals surface area contributed by atoms with Crippen LogP contribution in [0.2, 0.25) is 0 Å². The van der Waals surface area contributed by atoms with Crippen molar-refractivity contribution in [2.75, 3.05) is 18.2 Å². The molecular weight excluding hydrogens is 384 g/mol. The highest BCUT2D eigenvalue weighted by molar-refractivity contribution is 5.97. The first-order valence-electron chi connectivity index (χ1n) is 9.34. The third kappa shape index (κ3) is 4.93. The van der Waals surface area contributed by atoms with Crippen LogP contribution in [0.25, 0.3) is 0 Å². The number of nitrogen functional groups attached to an aromatic ring is 1. The van der Waals surface area contributed by atoms with E-state index in [4.69, 9.17) is 10.5 Å². The Morgan fingerprint density at radius 2 is 1.87 bits per heavy atom. The number of hydrogen-bond acceptors (Lipinski definition) is 6. The van der Waals surface area contributed by atoms with Gasteiger partial charge in [-0.05, 0) is 43.2 Å². The van der Waals surface area contributed by atoms with Gasteiger partial charge in [0.2, 0.25) is 5.91 Å². The van der Waals surface area contributed by atoms with Crippen molar-refractivity contribution in [3.05, 3.63) is 64.8 Å². The van der Waals surface area contributed by atoms with Gasteiger partial charge in [-0.1, -0.05) is 35.0 Å². The molecule has 156 valence electrons. The van der Waals surface area contributed by atoms with Crippen molar-refractivity contribution in [3.8, 4) is 5.75 Å². The van der Waals surface area contributed by atoms with Gasteiger partial charge in [0.05, 0.1) is 7.11 Å². The Morgan fingerprint density at radius 1 is 1.13 bits per heavy atom. The normalized spacial score (nSPS) is 10.5. The lowest BCUT2D eigenvalue weighted by Crippen LogP contribution is -2.25. The van der Waals surface area contributed by atoms with Crippen LogP contribution in [-0.4, -0.2) is 33.9 Å². The van der Waals surface area contributed by atoms with Gasteiger partial charge in [0.1, 0.15) is 12.3 Å². The number of nitrogens with two attached hydrogens (primary N) is 1. The highest BCUT2D eigenvalue weighted by Crippen LogP contribution is 2.16. The number of hydrogen-bond donors (Lipinski definition) is 3. The molecule has 9 heteroatoms. The summed E-state index contributed by atoms with van der Waals surface area (Å²) in [4.78, 5) is 24.7. The number of rotatable bonds is 7. The molecule has 0 unspecified atom stereocenters. The minimum Gasteiger partial charge on any atom is -0.497 e. The van der Waals surface area contributed by atoms with Crippen LogP contribution >= 0.6 is 0 Å². The van der Waals surface area contributed by atoms with Gasteiger partial charge in [0.25, 0.3) is 5.91 Å². The molecule has 1 heterocycles. The van der Waals surface area contributed by atoms with Crippen LogP contribution in [0, 0.1) is 13.8 Å². The smallest absolute Gasteiger partial charge is 0.275 e. The summed E-state index contributed by atoms with van der Waals surface area (Å²) in [5, 5.41) is 13.2. The summed E-state index contributed by atoms with van der Waals surface area (Å²) in [7, 11) is 1.59. The number of benzene rings is 2. The average molecular weight is 408 g/mol.